The first kappa shape index (κ1) is 12.5. The van der Waals surface area contributed by atoms with Crippen LogP contribution in [0.4, 0.5) is 0 Å². The summed E-state index contributed by atoms with van der Waals surface area (Å²) in [5, 5.41) is 19.6. The average Bonchev–Trinajstić information content (AvgIpc) is 2.72. The van der Waals surface area contributed by atoms with Gasteiger partial charge >= 0.3 is 0 Å². The minimum Gasteiger partial charge on any atom is -0.388 e. The van der Waals surface area contributed by atoms with Gasteiger partial charge in [0.2, 0.25) is 0 Å². The van der Waals surface area contributed by atoms with Crippen LogP contribution in [-0.4, -0.2) is 20.5 Å². The number of aliphatic hydroxyl groups excluding tert-OH is 2. The van der Waals surface area contributed by atoms with Crippen molar-refractivity contribution in [2.75, 3.05) is 0 Å². The number of benzene rings is 2. The molecule has 4 atom stereocenters. The Morgan fingerprint density at radius 2 is 1.42 bits per heavy atom. The van der Waals surface area contributed by atoms with Crippen LogP contribution in [0, 0.1) is 0 Å². The largest absolute Gasteiger partial charge is 0.388 e. The van der Waals surface area contributed by atoms with E-state index in [2.05, 4.69) is 0 Å². The predicted molar refractivity (Wildman–Crippen MR) is 73.0 cm³/mol. The molecule has 2 aromatic rings. The quantitative estimate of drug-likeness (QED) is 0.880. The fourth-order valence-electron chi connectivity index (χ4n) is 2.52. The molecule has 0 saturated carbocycles. The van der Waals surface area contributed by atoms with Crippen molar-refractivity contribution in [1.82, 2.24) is 0 Å². The molecule has 0 bridgehead atoms. The summed E-state index contributed by atoms with van der Waals surface area (Å²) < 4.78 is 12.6. The van der Waals surface area contributed by atoms with Crippen molar-refractivity contribution in [2.45, 2.75) is 22.4 Å². The van der Waals surface area contributed by atoms with Crippen LogP contribution >= 0.6 is 0 Å². The molecule has 2 aromatic carbocycles. The molecule has 4 heteroatoms. The van der Waals surface area contributed by atoms with Crippen molar-refractivity contribution in [3.05, 3.63) is 65.7 Å². The maximum atomic E-state index is 12.6. The van der Waals surface area contributed by atoms with E-state index >= 15 is 0 Å². The molecule has 3 nitrogen and oxygen atoms in total. The first-order valence-corrected chi connectivity index (χ1v) is 7.32. The molecule has 19 heavy (non-hydrogen) atoms. The van der Waals surface area contributed by atoms with Crippen LogP contribution in [0.1, 0.15) is 22.5 Å². The Kier molecular flexibility index (Phi) is 3.22. The van der Waals surface area contributed by atoms with Crippen molar-refractivity contribution in [3.63, 3.8) is 0 Å². The van der Waals surface area contributed by atoms with Gasteiger partial charge in [-0.2, -0.15) is 0 Å². The van der Waals surface area contributed by atoms with E-state index in [1.165, 1.54) is 0 Å². The molecule has 0 amide bonds. The average molecular weight is 274 g/mol. The summed E-state index contributed by atoms with van der Waals surface area (Å²) >= 11 is 0. The minimum atomic E-state index is -1.38. The second-order valence-electron chi connectivity index (χ2n) is 4.60. The second-order valence-corrected chi connectivity index (χ2v) is 6.17. The lowest BCUT2D eigenvalue weighted by molar-refractivity contribution is 0.0303. The van der Waals surface area contributed by atoms with Gasteiger partial charge in [-0.1, -0.05) is 42.5 Å². The Balaban J connectivity index is 2.04. The van der Waals surface area contributed by atoms with Gasteiger partial charge in [0.05, 0.1) is 16.0 Å². The van der Waals surface area contributed by atoms with Gasteiger partial charge in [-0.15, -0.1) is 0 Å². The van der Waals surface area contributed by atoms with E-state index in [-0.39, 0.29) is 0 Å². The summed E-state index contributed by atoms with van der Waals surface area (Å²) in [5.41, 5.74) is 1.44. The summed E-state index contributed by atoms with van der Waals surface area (Å²) in [6.07, 6.45) is -1.99. The molecule has 0 spiro atoms. The number of hydrogen-bond acceptors (Lipinski definition) is 3. The minimum absolute atomic E-state index is 0.575. The van der Waals surface area contributed by atoms with Crippen LogP contribution in [0.25, 0.3) is 0 Å². The van der Waals surface area contributed by atoms with E-state index in [1.807, 2.05) is 36.4 Å². The molecule has 0 radical (unpaired) electrons. The van der Waals surface area contributed by atoms with E-state index in [1.54, 1.807) is 18.2 Å². The van der Waals surface area contributed by atoms with Gasteiger partial charge in [0.15, 0.2) is 0 Å². The highest BCUT2D eigenvalue weighted by Crippen LogP contribution is 2.43. The molecule has 0 aliphatic heterocycles. The van der Waals surface area contributed by atoms with Gasteiger partial charge < -0.3 is 10.2 Å². The maximum absolute atomic E-state index is 12.6. The van der Waals surface area contributed by atoms with E-state index in [4.69, 9.17) is 0 Å². The highest BCUT2D eigenvalue weighted by molar-refractivity contribution is 7.85. The molecule has 98 valence electrons. The standard InChI is InChI=1S/C15H14O3S/c16-13-11-8-4-5-9-12(11)15(14(13)17)19(18)10-6-2-1-3-7-10/h1-9,13-17H/t13-,14+,15+,19?/m0/s1. The summed E-state index contributed by atoms with van der Waals surface area (Å²) in [6.45, 7) is 0. The van der Waals surface area contributed by atoms with Gasteiger partial charge in [-0.05, 0) is 23.3 Å². The molecule has 1 unspecified atom stereocenters. The Morgan fingerprint density at radius 1 is 0.842 bits per heavy atom. The zero-order chi connectivity index (χ0) is 13.4. The van der Waals surface area contributed by atoms with Crippen LogP contribution in [0.15, 0.2) is 59.5 Å². The monoisotopic (exact) mass is 274 g/mol. The molecule has 2 N–H and O–H groups in total. The molecular weight excluding hydrogens is 260 g/mol. The van der Waals surface area contributed by atoms with Gasteiger partial charge in [0, 0.05) is 4.90 Å². The Bertz CT molecular complexity index is 612. The van der Waals surface area contributed by atoms with E-state index in [9.17, 15) is 14.4 Å². The van der Waals surface area contributed by atoms with Crippen molar-refractivity contribution in [1.29, 1.82) is 0 Å². The molecule has 3 rings (SSSR count). The summed E-state index contributed by atoms with van der Waals surface area (Å²) in [6, 6.07) is 16.3. The first-order chi connectivity index (χ1) is 9.20. The lowest BCUT2D eigenvalue weighted by Crippen LogP contribution is -2.21. The number of fused-ring (bicyclic) bond motifs is 1. The molecule has 0 aromatic heterocycles. The third kappa shape index (κ3) is 2.02. The number of aliphatic hydroxyl groups is 2. The van der Waals surface area contributed by atoms with Gasteiger partial charge in [-0.25, -0.2) is 0 Å². The normalized spacial score (nSPS) is 26.9. The SMILES string of the molecule is O=S(c1ccccc1)[C@@H]1c2ccccc2[C@H](O)[C@H]1O. The van der Waals surface area contributed by atoms with Crippen molar-refractivity contribution in [2.24, 2.45) is 0 Å². The van der Waals surface area contributed by atoms with Crippen LogP contribution in [0.2, 0.25) is 0 Å². The van der Waals surface area contributed by atoms with Gasteiger partial charge in [-0.3, -0.25) is 4.21 Å². The first-order valence-electron chi connectivity index (χ1n) is 6.10. The van der Waals surface area contributed by atoms with Crippen molar-refractivity contribution in [3.8, 4) is 0 Å². The topological polar surface area (TPSA) is 57.5 Å². The fraction of sp³-hybridized carbons (Fsp3) is 0.200. The van der Waals surface area contributed by atoms with Crippen LogP contribution in [0.3, 0.4) is 0 Å². The molecule has 0 saturated heterocycles. The predicted octanol–water partition coefficient (Wildman–Crippen LogP) is 1.94. The van der Waals surface area contributed by atoms with E-state index < -0.39 is 28.3 Å². The van der Waals surface area contributed by atoms with E-state index in [0.717, 1.165) is 5.56 Å². The zero-order valence-corrected chi connectivity index (χ0v) is 11.0. The van der Waals surface area contributed by atoms with E-state index in [0.29, 0.717) is 10.5 Å². The lowest BCUT2D eigenvalue weighted by Gasteiger charge is -2.16. The van der Waals surface area contributed by atoms with Crippen LogP contribution in [-0.2, 0) is 10.8 Å². The molecule has 0 fully saturated rings. The van der Waals surface area contributed by atoms with Gasteiger partial charge in [0.1, 0.15) is 12.2 Å². The zero-order valence-electron chi connectivity index (χ0n) is 10.1. The summed E-state index contributed by atoms with van der Waals surface area (Å²) in [5.74, 6) is 0. The van der Waals surface area contributed by atoms with Crippen LogP contribution in [0.5, 0.6) is 0 Å². The summed E-state index contributed by atoms with van der Waals surface area (Å²) in [7, 11) is -1.38. The highest BCUT2D eigenvalue weighted by Gasteiger charge is 2.42. The van der Waals surface area contributed by atoms with Crippen LogP contribution < -0.4 is 0 Å². The Labute approximate surface area is 114 Å². The molecule has 1 aliphatic carbocycles. The lowest BCUT2D eigenvalue weighted by atomic mass is 10.1. The highest BCUT2D eigenvalue weighted by atomic mass is 32.2. The summed E-state index contributed by atoms with van der Waals surface area (Å²) in [4.78, 5) is 0.662. The maximum Gasteiger partial charge on any atom is 0.107 e. The molecule has 0 heterocycles. The van der Waals surface area contributed by atoms with Gasteiger partial charge in [0.25, 0.3) is 0 Å². The molecular formula is C15H14O3S. The van der Waals surface area contributed by atoms with Crippen molar-refractivity contribution >= 4 is 10.8 Å². The Hall–Kier alpha value is -1.49. The Morgan fingerprint density at radius 3 is 2.11 bits per heavy atom. The number of hydrogen-bond donors (Lipinski definition) is 2. The third-order valence-corrected chi connectivity index (χ3v) is 5.19. The molecule has 1 aliphatic rings. The van der Waals surface area contributed by atoms with Crippen molar-refractivity contribution < 1.29 is 14.4 Å². The fourth-order valence-corrected chi connectivity index (χ4v) is 4.08. The number of rotatable bonds is 2. The second kappa shape index (κ2) is 4.89. The smallest absolute Gasteiger partial charge is 0.107 e. The third-order valence-electron chi connectivity index (χ3n) is 3.46.